The third-order valence-electron chi connectivity index (χ3n) is 6.85. The van der Waals surface area contributed by atoms with Gasteiger partial charge in [-0.1, -0.05) is 0 Å². The number of imidazole rings is 1. The van der Waals surface area contributed by atoms with E-state index in [0.29, 0.717) is 18.7 Å². The van der Waals surface area contributed by atoms with E-state index in [1.807, 2.05) is 42.9 Å². The summed E-state index contributed by atoms with van der Waals surface area (Å²) in [4.78, 5) is 29.2. The Labute approximate surface area is 214 Å². The Hall–Kier alpha value is -3.98. The van der Waals surface area contributed by atoms with Crippen molar-refractivity contribution < 1.29 is 19.4 Å². The molecular weight excluding hydrogens is 472 g/mol. The number of aromatic carboxylic acids is 1. The summed E-state index contributed by atoms with van der Waals surface area (Å²) >= 11 is 0. The molecule has 0 amide bonds. The number of H-pyrrole nitrogens is 1. The highest BCUT2D eigenvalue weighted by molar-refractivity contribution is 5.92. The van der Waals surface area contributed by atoms with Gasteiger partial charge in [-0.3, -0.25) is 9.47 Å². The Morgan fingerprint density at radius 3 is 2.27 bits per heavy atom. The number of nitrogens with zero attached hydrogens (tertiary/aromatic N) is 3. The van der Waals surface area contributed by atoms with E-state index in [1.165, 1.54) is 6.07 Å². The van der Waals surface area contributed by atoms with Gasteiger partial charge in [0.1, 0.15) is 17.2 Å². The number of aromatic nitrogens is 3. The zero-order chi connectivity index (χ0) is 25.9. The number of rotatable bonds is 9. The third kappa shape index (κ3) is 4.99. The summed E-state index contributed by atoms with van der Waals surface area (Å²) < 4.78 is 15.8. The van der Waals surface area contributed by atoms with Gasteiger partial charge in [0.05, 0.1) is 29.8 Å². The summed E-state index contributed by atoms with van der Waals surface area (Å²) in [5.74, 6) is 0.575. The van der Waals surface area contributed by atoms with Crippen LogP contribution in [0.25, 0.3) is 16.7 Å². The quantitative estimate of drug-likeness (QED) is 0.349. The summed E-state index contributed by atoms with van der Waals surface area (Å²) in [5, 5.41) is 9.26. The molecule has 1 saturated heterocycles. The minimum absolute atomic E-state index is 0.0577. The number of piperidine rings is 1. The van der Waals surface area contributed by atoms with Crippen LogP contribution in [0.2, 0.25) is 0 Å². The van der Waals surface area contributed by atoms with Crippen molar-refractivity contribution in [1.82, 2.24) is 19.0 Å². The Morgan fingerprint density at radius 2 is 1.68 bits per heavy atom. The van der Waals surface area contributed by atoms with E-state index in [0.717, 1.165) is 60.7 Å². The van der Waals surface area contributed by atoms with Gasteiger partial charge in [0, 0.05) is 38.1 Å². The van der Waals surface area contributed by atoms with Crippen LogP contribution in [0.5, 0.6) is 11.5 Å². The van der Waals surface area contributed by atoms with E-state index in [-0.39, 0.29) is 17.3 Å². The van der Waals surface area contributed by atoms with Crippen molar-refractivity contribution in [2.45, 2.75) is 39.3 Å². The number of carboxylic acids is 1. The molecule has 1 aliphatic rings. The van der Waals surface area contributed by atoms with Gasteiger partial charge in [-0.15, -0.1) is 0 Å². The fourth-order valence-corrected chi connectivity index (χ4v) is 5.22. The second kappa shape index (κ2) is 10.6. The molecule has 9 heteroatoms. The Balaban J connectivity index is 1.34. The van der Waals surface area contributed by atoms with Gasteiger partial charge in [0.15, 0.2) is 0 Å². The maximum absolute atomic E-state index is 12.7. The molecule has 9 nitrogen and oxygen atoms in total. The zero-order valence-electron chi connectivity index (χ0n) is 21.1. The summed E-state index contributed by atoms with van der Waals surface area (Å²) in [6.45, 7) is 7.50. The molecule has 0 atom stereocenters. The predicted molar refractivity (Wildman–Crippen MR) is 141 cm³/mol. The molecule has 0 spiro atoms. The lowest BCUT2D eigenvalue weighted by Crippen LogP contribution is -2.36. The van der Waals surface area contributed by atoms with E-state index < -0.39 is 5.97 Å². The van der Waals surface area contributed by atoms with Crippen molar-refractivity contribution in [3.63, 3.8) is 0 Å². The summed E-state index contributed by atoms with van der Waals surface area (Å²) in [6.07, 6.45) is 5.62. The van der Waals surface area contributed by atoms with Crippen LogP contribution in [0.1, 0.15) is 48.7 Å². The Kier molecular flexibility index (Phi) is 7.05. The number of fused-ring (bicyclic) bond motifs is 1. The monoisotopic (exact) mass is 504 g/mol. The summed E-state index contributed by atoms with van der Waals surface area (Å²) in [5.41, 5.74) is 3.29. The highest BCUT2D eigenvalue weighted by Gasteiger charge is 2.25. The molecule has 37 heavy (non-hydrogen) atoms. The molecule has 3 heterocycles. The van der Waals surface area contributed by atoms with Crippen LogP contribution >= 0.6 is 0 Å². The topological polar surface area (TPSA) is 102 Å². The molecule has 1 aliphatic heterocycles. The van der Waals surface area contributed by atoms with Crippen LogP contribution < -0.4 is 15.2 Å². The van der Waals surface area contributed by atoms with Crippen LogP contribution in [0.4, 0.5) is 0 Å². The number of carboxylic acid groups (broad SMARTS) is 1. The van der Waals surface area contributed by atoms with Crippen molar-refractivity contribution in [3.05, 3.63) is 76.5 Å². The number of ether oxygens (including phenoxy) is 2. The standard InChI is InChI=1S/C28H32N4O5/c1-3-36-24-15-19(16-25(37-4-2)26(24)31-11-5-6-12-31)18-30-13-9-21(10-14-30)32-23-8-7-20(27(33)34)17-22(23)29-28(32)35/h5-8,11-12,15-17,21H,3-4,9-10,13-14,18H2,1-2H3,(H,29,35)(H,33,34). The minimum atomic E-state index is -1.01. The smallest absolute Gasteiger partial charge is 0.335 e. The van der Waals surface area contributed by atoms with Crippen LogP contribution in [0.15, 0.2) is 59.7 Å². The van der Waals surface area contributed by atoms with E-state index in [4.69, 9.17) is 9.47 Å². The first-order chi connectivity index (χ1) is 18.0. The number of benzene rings is 2. The molecule has 2 aromatic carbocycles. The van der Waals surface area contributed by atoms with Crippen LogP contribution in [0, 0.1) is 0 Å². The highest BCUT2D eigenvalue weighted by atomic mass is 16.5. The second-order valence-corrected chi connectivity index (χ2v) is 9.24. The first-order valence-corrected chi connectivity index (χ1v) is 12.7. The van der Waals surface area contributed by atoms with Gasteiger partial charge < -0.3 is 24.1 Å². The van der Waals surface area contributed by atoms with Gasteiger partial charge in [0.2, 0.25) is 0 Å². The maximum Gasteiger partial charge on any atom is 0.335 e. The first-order valence-electron chi connectivity index (χ1n) is 12.7. The first kappa shape index (κ1) is 24.7. The molecule has 0 saturated carbocycles. The fraction of sp³-hybridized carbons (Fsp3) is 0.357. The van der Waals surface area contributed by atoms with Crippen LogP contribution in [-0.2, 0) is 6.54 Å². The SMILES string of the molecule is CCOc1cc(CN2CCC(n3c(=O)[nH]c4cc(C(=O)O)ccc43)CC2)cc(OCC)c1-n1cccc1. The number of hydrogen-bond donors (Lipinski definition) is 2. The van der Waals surface area contributed by atoms with Gasteiger partial charge in [0.25, 0.3) is 0 Å². The average Bonchev–Trinajstić information content (AvgIpc) is 3.52. The highest BCUT2D eigenvalue weighted by Crippen LogP contribution is 2.36. The average molecular weight is 505 g/mol. The normalized spacial score (nSPS) is 14.8. The number of hydrogen-bond acceptors (Lipinski definition) is 5. The molecule has 5 rings (SSSR count). The van der Waals surface area contributed by atoms with E-state index in [2.05, 4.69) is 22.0 Å². The number of carbonyl (C=O) groups is 1. The molecule has 194 valence electrons. The van der Waals surface area contributed by atoms with E-state index in [9.17, 15) is 14.7 Å². The van der Waals surface area contributed by atoms with Crippen molar-refractivity contribution in [3.8, 4) is 17.2 Å². The van der Waals surface area contributed by atoms with E-state index in [1.54, 1.807) is 16.7 Å². The Bertz CT molecular complexity index is 1420. The van der Waals surface area contributed by atoms with Crippen molar-refractivity contribution in [1.29, 1.82) is 0 Å². The van der Waals surface area contributed by atoms with Crippen LogP contribution in [0.3, 0.4) is 0 Å². The third-order valence-corrected chi connectivity index (χ3v) is 6.85. The number of aromatic amines is 1. The summed E-state index contributed by atoms with van der Waals surface area (Å²) in [6, 6.07) is 13.0. The fourth-order valence-electron chi connectivity index (χ4n) is 5.22. The molecule has 2 N–H and O–H groups in total. The molecular formula is C28H32N4O5. The van der Waals surface area contributed by atoms with Gasteiger partial charge in [-0.05, 0) is 74.7 Å². The Morgan fingerprint density at radius 1 is 1.03 bits per heavy atom. The molecule has 0 bridgehead atoms. The largest absolute Gasteiger partial charge is 0.492 e. The lowest BCUT2D eigenvalue weighted by Gasteiger charge is -2.32. The van der Waals surface area contributed by atoms with Crippen molar-refractivity contribution in [2.24, 2.45) is 0 Å². The van der Waals surface area contributed by atoms with Gasteiger partial charge in [-0.2, -0.15) is 0 Å². The number of likely N-dealkylation sites (tertiary alicyclic amines) is 1. The summed E-state index contributed by atoms with van der Waals surface area (Å²) in [7, 11) is 0. The maximum atomic E-state index is 12.7. The molecule has 4 aromatic rings. The molecule has 2 aromatic heterocycles. The number of nitrogens with one attached hydrogen (secondary N) is 1. The zero-order valence-corrected chi connectivity index (χ0v) is 21.1. The molecule has 0 aliphatic carbocycles. The van der Waals surface area contributed by atoms with Crippen molar-refractivity contribution in [2.75, 3.05) is 26.3 Å². The van der Waals surface area contributed by atoms with Crippen molar-refractivity contribution >= 4 is 17.0 Å². The van der Waals surface area contributed by atoms with E-state index >= 15 is 0 Å². The van der Waals surface area contributed by atoms with Gasteiger partial charge >= 0.3 is 11.7 Å². The predicted octanol–water partition coefficient (Wildman–Crippen LogP) is 4.45. The van der Waals surface area contributed by atoms with Gasteiger partial charge in [-0.25, -0.2) is 9.59 Å². The lowest BCUT2D eigenvalue weighted by atomic mass is 10.0. The minimum Gasteiger partial charge on any atom is -0.492 e. The molecule has 1 fully saturated rings. The molecule has 0 unspecified atom stereocenters. The molecule has 0 radical (unpaired) electrons. The van der Waals surface area contributed by atoms with Crippen LogP contribution in [-0.4, -0.2) is 56.4 Å². The second-order valence-electron chi connectivity index (χ2n) is 9.24. The lowest BCUT2D eigenvalue weighted by molar-refractivity contribution is 0.0697.